The van der Waals surface area contributed by atoms with Gasteiger partial charge in [0, 0.05) is 22.7 Å². The highest BCUT2D eigenvalue weighted by atomic mass is 35.5. The molecule has 0 aliphatic heterocycles. The predicted octanol–water partition coefficient (Wildman–Crippen LogP) is 4.02. The third-order valence-corrected chi connectivity index (χ3v) is 8.83. The van der Waals surface area contributed by atoms with Crippen LogP contribution in [0.1, 0.15) is 24.7 Å². The third-order valence-electron chi connectivity index (χ3n) is 5.05. The number of rotatable bonds is 10. The van der Waals surface area contributed by atoms with Crippen LogP contribution in [0.15, 0.2) is 58.9 Å². The minimum Gasteiger partial charge on any atom is -0.296 e. The fraction of sp³-hybridized carbons (Fsp3) is 0.227. The molecule has 0 spiro atoms. The summed E-state index contributed by atoms with van der Waals surface area (Å²) in [5, 5.41) is 13.0. The zero-order valence-corrected chi connectivity index (χ0v) is 21.6. The van der Waals surface area contributed by atoms with Crippen LogP contribution in [0.5, 0.6) is 0 Å². The second kappa shape index (κ2) is 10.9. The first-order valence-electron chi connectivity index (χ1n) is 10.5. The summed E-state index contributed by atoms with van der Waals surface area (Å²) in [6.07, 6.45) is 2.14. The van der Waals surface area contributed by atoms with Crippen LogP contribution in [0.2, 0.25) is 10.0 Å². The zero-order chi connectivity index (χ0) is 25.0. The Morgan fingerprint density at radius 1 is 1.11 bits per heavy atom. The lowest BCUT2D eigenvalue weighted by atomic mass is 10.1. The number of halogens is 2. The number of tetrazole rings is 1. The van der Waals surface area contributed by atoms with Crippen LogP contribution in [0.3, 0.4) is 0 Å². The highest BCUT2D eigenvalue weighted by molar-refractivity contribution is 7.91. The van der Waals surface area contributed by atoms with Crippen molar-refractivity contribution < 1.29 is 13.2 Å². The second-order valence-corrected chi connectivity index (χ2v) is 11.3. The first-order chi connectivity index (χ1) is 16.8. The van der Waals surface area contributed by atoms with E-state index in [9.17, 15) is 13.2 Å². The van der Waals surface area contributed by atoms with Crippen molar-refractivity contribution in [3.05, 3.63) is 76.2 Å². The van der Waals surface area contributed by atoms with Gasteiger partial charge in [0.25, 0.3) is 10.0 Å². The van der Waals surface area contributed by atoms with Gasteiger partial charge in [-0.1, -0.05) is 42.3 Å². The number of pyridine rings is 1. The number of carbonyl (C=O) groups is 1. The van der Waals surface area contributed by atoms with Gasteiger partial charge in [0.15, 0.2) is 11.6 Å². The van der Waals surface area contributed by atoms with E-state index in [0.29, 0.717) is 32.0 Å². The summed E-state index contributed by atoms with van der Waals surface area (Å²) < 4.78 is 28.4. The maximum Gasteiger partial charge on any atom is 0.250 e. The molecule has 0 amide bonds. The molecule has 9 nitrogen and oxygen atoms in total. The fourth-order valence-corrected chi connectivity index (χ4v) is 6.39. The summed E-state index contributed by atoms with van der Waals surface area (Å²) in [7, 11) is -3.92. The van der Waals surface area contributed by atoms with E-state index >= 15 is 0 Å². The average molecular weight is 551 g/mol. The molecule has 4 aromatic rings. The number of aromatic nitrogens is 5. The molecule has 182 valence electrons. The number of hydrogen-bond donors (Lipinski definition) is 1. The summed E-state index contributed by atoms with van der Waals surface area (Å²) in [6.45, 7) is 1.48. The van der Waals surface area contributed by atoms with E-state index in [-0.39, 0.29) is 23.6 Å². The molecule has 3 aromatic heterocycles. The summed E-state index contributed by atoms with van der Waals surface area (Å²) in [6, 6.07) is 12.8. The van der Waals surface area contributed by atoms with Gasteiger partial charge in [0.05, 0.1) is 16.6 Å². The molecular formula is C22H20Cl2N6O3S2. The molecule has 0 aliphatic rings. The van der Waals surface area contributed by atoms with Crippen LogP contribution < -0.4 is 4.72 Å². The Hall–Kier alpha value is -2.70. The number of nitrogens with one attached hydrogen (secondary N) is 1. The van der Waals surface area contributed by atoms with Crippen molar-refractivity contribution in [3.63, 3.8) is 0 Å². The van der Waals surface area contributed by atoms with E-state index in [1.807, 2.05) is 6.07 Å². The number of hydrogen-bond acceptors (Lipinski definition) is 8. The number of benzene rings is 1. The molecule has 0 saturated carbocycles. The first-order valence-corrected chi connectivity index (χ1v) is 13.6. The monoisotopic (exact) mass is 550 g/mol. The molecule has 35 heavy (non-hydrogen) atoms. The van der Waals surface area contributed by atoms with Gasteiger partial charge in [-0.05, 0) is 53.6 Å². The topological polar surface area (TPSA) is 120 Å². The highest BCUT2D eigenvalue weighted by Crippen LogP contribution is 2.29. The quantitative estimate of drug-likeness (QED) is 0.316. The molecule has 4 rings (SSSR count). The molecule has 13 heteroatoms. The Balaban J connectivity index is 1.42. The lowest BCUT2D eigenvalue weighted by Crippen LogP contribution is -2.41. The van der Waals surface area contributed by atoms with Gasteiger partial charge < -0.3 is 0 Å². The van der Waals surface area contributed by atoms with Crippen molar-refractivity contribution >= 4 is 50.3 Å². The van der Waals surface area contributed by atoms with Crippen LogP contribution in [0, 0.1) is 0 Å². The zero-order valence-electron chi connectivity index (χ0n) is 18.4. The van der Waals surface area contributed by atoms with E-state index in [1.54, 1.807) is 49.5 Å². The second-order valence-electron chi connectivity index (χ2n) is 7.50. The molecule has 1 atom stereocenters. The maximum absolute atomic E-state index is 12.9. The lowest BCUT2D eigenvalue weighted by Gasteiger charge is -2.14. The molecule has 0 saturated heterocycles. The van der Waals surface area contributed by atoms with Crippen LogP contribution in [-0.4, -0.2) is 45.4 Å². The molecule has 0 aliphatic carbocycles. The van der Waals surface area contributed by atoms with Crippen LogP contribution in [0.25, 0.3) is 10.6 Å². The molecule has 0 fully saturated rings. The Morgan fingerprint density at radius 2 is 1.89 bits per heavy atom. The molecule has 1 unspecified atom stereocenters. The Kier molecular flexibility index (Phi) is 7.92. The highest BCUT2D eigenvalue weighted by Gasteiger charge is 2.26. The third kappa shape index (κ3) is 6.11. The van der Waals surface area contributed by atoms with Gasteiger partial charge >= 0.3 is 0 Å². The van der Waals surface area contributed by atoms with E-state index in [0.717, 1.165) is 16.1 Å². The molecule has 1 N–H and O–H groups in total. The minimum absolute atomic E-state index is 0.0992. The van der Waals surface area contributed by atoms with E-state index in [4.69, 9.17) is 23.2 Å². The van der Waals surface area contributed by atoms with Crippen molar-refractivity contribution in [2.24, 2.45) is 0 Å². The summed E-state index contributed by atoms with van der Waals surface area (Å²) in [4.78, 5) is 18.9. The number of carbonyl (C=O) groups excluding carboxylic acids is 1. The van der Waals surface area contributed by atoms with Crippen molar-refractivity contribution in [1.82, 2.24) is 29.9 Å². The molecule has 1 aromatic carbocycles. The van der Waals surface area contributed by atoms with Gasteiger partial charge in [0.2, 0.25) is 0 Å². The van der Waals surface area contributed by atoms with Crippen LogP contribution >= 0.6 is 34.5 Å². The number of ketones is 1. The summed E-state index contributed by atoms with van der Waals surface area (Å²) in [5.41, 5.74) is 1.33. The maximum atomic E-state index is 12.9. The molecular weight excluding hydrogens is 531 g/mol. The van der Waals surface area contributed by atoms with Gasteiger partial charge in [-0.2, -0.15) is 9.52 Å². The van der Waals surface area contributed by atoms with Crippen molar-refractivity contribution in [2.75, 3.05) is 0 Å². The molecule has 3 heterocycles. The van der Waals surface area contributed by atoms with Gasteiger partial charge in [-0.3, -0.25) is 9.78 Å². The Morgan fingerprint density at radius 3 is 2.57 bits per heavy atom. The van der Waals surface area contributed by atoms with Crippen molar-refractivity contribution in [3.8, 4) is 10.6 Å². The molecule has 0 radical (unpaired) electrons. The van der Waals surface area contributed by atoms with Gasteiger partial charge in [-0.15, -0.1) is 21.5 Å². The Bertz CT molecular complexity index is 1420. The smallest absolute Gasteiger partial charge is 0.250 e. The van der Waals surface area contributed by atoms with Crippen molar-refractivity contribution in [1.29, 1.82) is 0 Å². The van der Waals surface area contributed by atoms with Gasteiger partial charge in [0.1, 0.15) is 10.8 Å². The standard InChI is InChI=1S/C22H20Cl2N6O3S2/c1-2-17(28-35(32,33)22-10-9-20(34-22)18-8-3-4-11-25-18)19(31)13-30-27-21(26-29-30)12-14-15(23)6-5-7-16(14)24/h3-11,17,28H,2,12-13H2,1H3. The average Bonchev–Trinajstić information content (AvgIpc) is 3.51. The normalized spacial score (nSPS) is 12.5. The lowest BCUT2D eigenvalue weighted by molar-refractivity contribution is -0.121. The number of sulfonamides is 1. The summed E-state index contributed by atoms with van der Waals surface area (Å²) >= 11 is 13.5. The molecule has 0 bridgehead atoms. The minimum atomic E-state index is -3.92. The van der Waals surface area contributed by atoms with Crippen LogP contribution in [-0.2, 0) is 27.8 Å². The SMILES string of the molecule is CCC(NS(=O)(=O)c1ccc(-c2ccccn2)s1)C(=O)Cn1nnc(Cc2c(Cl)cccc2Cl)n1. The number of Topliss-reactive ketones (excluding diaryl/α,β-unsaturated/α-hetero) is 1. The number of thiophene rings is 1. The Labute approximate surface area is 216 Å². The van der Waals surface area contributed by atoms with Gasteiger partial charge in [-0.25, -0.2) is 8.42 Å². The first kappa shape index (κ1) is 25.4. The van der Waals surface area contributed by atoms with E-state index in [1.165, 1.54) is 6.07 Å². The van der Waals surface area contributed by atoms with Crippen LogP contribution in [0.4, 0.5) is 0 Å². The summed E-state index contributed by atoms with van der Waals surface area (Å²) in [5.74, 6) is -0.0561. The largest absolute Gasteiger partial charge is 0.296 e. The fourth-order valence-electron chi connectivity index (χ4n) is 3.26. The van der Waals surface area contributed by atoms with E-state index < -0.39 is 21.8 Å². The van der Waals surface area contributed by atoms with E-state index in [2.05, 4.69) is 25.1 Å². The number of nitrogens with zero attached hydrogens (tertiary/aromatic N) is 5. The predicted molar refractivity (Wildman–Crippen MR) is 134 cm³/mol. The van der Waals surface area contributed by atoms with Crippen molar-refractivity contribution in [2.45, 2.75) is 36.6 Å².